The molecule has 1 rings (SSSR count). The maximum atomic E-state index is 5.44. The summed E-state index contributed by atoms with van der Waals surface area (Å²) in [6.07, 6.45) is 9.67. The van der Waals surface area contributed by atoms with E-state index in [2.05, 4.69) is 26.1 Å². The zero-order chi connectivity index (χ0) is 12.7. The zero-order valence-electron chi connectivity index (χ0n) is 12.2. The molecule has 1 atom stereocenters. The fourth-order valence-corrected chi connectivity index (χ4v) is 2.68. The van der Waals surface area contributed by atoms with E-state index in [0.717, 1.165) is 18.9 Å². The first-order chi connectivity index (χ1) is 8.05. The molecule has 0 saturated heterocycles. The van der Waals surface area contributed by atoms with Crippen molar-refractivity contribution in [2.45, 2.75) is 77.4 Å². The number of rotatable bonds is 6. The predicted molar refractivity (Wildman–Crippen MR) is 74.4 cm³/mol. The topological polar surface area (TPSA) is 21.3 Å². The summed E-state index contributed by atoms with van der Waals surface area (Å²) in [6.45, 7) is 7.74. The van der Waals surface area contributed by atoms with Crippen molar-refractivity contribution in [3.8, 4) is 0 Å². The van der Waals surface area contributed by atoms with E-state index in [9.17, 15) is 0 Å². The molecule has 2 heteroatoms. The third-order valence-electron chi connectivity index (χ3n) is 4.35. The smallest absolute Gasteiger partial charge is 0.0634 e. The number of hydrogen-bond donors (Lipinski definition) is 1. The van der Waals surface area contributed by atoms with E-state index in [1.165, 1.54) is 38.5 Å². The van der Waals surface area contributed by atoms with Gasteiger partial charge in [0.15, 0.2) is 0 Å². The lowest BCUT2D eigenvalue weighted by atomic mass is 9.92. The minimum Gasteiger partial charge on any atom is -0.379 e. The fourth-order valence-electron chi connectivity index (χ4n) is 2.68. The molecule has 0 heterocycles. The van der Waals surface area contributed by atoms with Crippen molar-refractivity contribution >= 4 is 0 Å². The highest BCUT2D eigenvalue weighted by Gasteiger charge is 2.20. The highest BCUT2D eigenvalue weighted by molar-refractivity contribution is 4.77. The summed E-state index contributed by atoms with van der Waals surface area (Å²) in [7, 11) is 1.80. The van der Waals surface area contributed by atoms with Gasteiger partial charge in [0.1, 0.15) is 0 Å². The number of hydrogen-bond acceptors (Lipinski definition) is 2. The second-order valence-electron chi connectivity index (χ2n) is 6.21. The molecule has 0 spiro atoms. The van der Waals surface area contributed by atoms with Gasteiger partial charge in [0.2, 0.25) is 0 Å². The second-order valence-corrected chi connectivity index (χ2v) is 6.21. The Morgan fingerprint density at radius 2 is 1.76 bits per heavy atom. The van der Waals surface area contributed by atoms with Gasteiger partial charge in [0.25, 0.3) is 0 Å². The van der Waals surface area contributed by atoms with Crippen LogP contribution in [0.3, 0.4) is 0 Å². The van der Waals surface area contributed by atoms with E-state index in [0.29, 0.717) is 6.04 Å². The molecule has 1 saturated carbocycles. The molecule has 0 bridgehead atoms. The molecule has 0 aromatic heterocycles. The third-order valence-corrected chi connectivity index (χ3v) is 4.35. The van der Waals surface area contributed by atoms with Crippen molar-refractivity contribution in [1.29, 1.82) is 0 Å². The minimum atomic E-state index is 0.0101. The van der Waals surface area contributed by atoms with Crippen LogP contribution in [0, 0.1) is 5.92 Å². The molecule has 17 heavy (non-hydrogen) atoms. The highest BCUT2D eigenvalue weighted by atomic mass is 16.5. The van der Waals surface area contributed by atoms with Crippen LogP contribution in [0.5, 0.6) is 0 Å². The summed E-state index contributed by atoms with van der Waals surface area (Å²) in [5.41, 5.74) is 0.0101. The van der Waals surface area contributed by atoms with Crippen LogP contribution < -0.4 is 5.32 Å². The van der Waals surface area contributed by atoms with E-state index in [4.69, 9.17) is 4.74 Å². The van der Waals surface area contributed by atoms with Crippen LogP contribution in [0.25, 0.3) is 0 Å². The number of ether oxygens (including phenoxy) is 1. The fraction of sp³-hybridized carbons (Fsp3) is 1.00. The van der Waals surface area contributed by atoms with Gasteiger partial charge in [-0.2, -0.15) is 0 Å². The Hall–Kier alpha value is -0.0800. The van der Waals surface area contributed by atoms with E-state index >= 15 is 0 Å². The first-order valence-electron chi connectivity index (χ1n) is 7.34. The molecule has 0 unspecified atom stereocenters. The Morgan fingerprint density at radius 3 is 2.29 bits per heavy atom. The van der Waals surface area contributed by atoms with Gasteiger partial charge >= 0.3 is 0 Å². The molecule has 2 nitrogen and oxygen atoms in total. The largest absolute Gasteiger partial charge is 0.379 e. The number of nitrogens with one attached hydrogen (secondary N) is 1. The molecular formula is C15H31NO. The Morgan fingerprint density at radius 1 is 1.18 bits per heavy atom. The van der Waals surface area contributed by atoms with Crippen LogP contribution >= 0.6 is 0 Å². The van der Waals surface area contributed by atoms with Crippen LogP contribution in [0.15, 0.2) is 0 Å². The van der Waals surface area contributed by atoms with Crippen LogP contribution in [0.2, 0.25) is 0 Å². The van der Waals surface area contributed by atoms with Gasteiger partial charge in [-0.05, 0) is 52.5 Å². The standard InChI is InChI=1S/C15H31NO/c1-13(14-9-7-5-6-8-10-14)16-12-11-15(2,3)17-4/h13-14,16H,5-12H2,1-4H3/t13-/m1/s1. The third kappa shape index (κ3) is 5.87. The van der Waals surface area contributed by atoms with Gasteiger partial charge in [0.05, 0.1) is 5.60 Å². The van der Waals surface area contributed by atoms with Gasteiger partial charge in [-0.15, -0.1) is 0 Å². The van der Waals surface area contributed by atoms with Gasteiger partial charge in [0, 0.05) is 13.2 Å². The van der Waals surface area contributed by atoms with Gasteiger partial charge in [-0.25, -0.2) is 0 Å². The van der Waals surface area contributed by atoms with Gasteiger partial charge in [-0.1, -0.05) is 25.7 Å². The van der Waals surface area contributed by atoms with Crippen molar-refractivity contribution in [3.63, 3.8) is 0 Å². The van der Waals surface area contributed by atoms with Crippen LogP contribution in [-0.2, 0) is 4.74 Å². The Labute approximate surface area is 108 Å². The lowest BCUT2D eigenvalue weighted by Gasteiger charge is -2.27. The van der Waals surface area contributed by atoms with Crippen molar-refractivity contribution < 1.29 is 4.74 Å². The lowest BCUT2D eigenvalue weighted by molar-refractivity contribution is 0.0150. The Kier molecular flexibility index (Phi) is 6.50. The maximum Gasteiger partial charge on any atom is 0.0634 e. The molecule has 1 N–H and O–H groups in total. The first-order valence-corrected chi connectivity index (χ1v) is 7.34. The summed E-state index contributed by atoms with van der Waals surface area (Å²) < 4.78 is 5.44. The molecule has 0 amide bonds. The van der Waals surface area contributed by atoms with E-state index in [1.807, 2.05) is 0 Å². The first kappa shape index (κ1) is 15.0. The summed E-state index contributed by atoms with van der Waals surface area (Å²) in [5, 5.41) is 3.69. The van der Waals surface area contributed by atoms with E-state index < -0.39 is 0 Å². The molecule has 1 aliphatic carbocycles. The molecular weight excluding hydrogens is 210 g/mol. The molecule has 0 aliphatic heterocycles. The molecule has 0 aromatic rings. The van der Waals surface area contributed by atoms with Gasteiger partial charge in [-0.3, -0.25) is 0 Å². The Bertz CT molecular complexity index is 195. The maximum absolute atomic E-state index is 5.44. The molecule has 0 aromatic carbocycles. The average Bonchev–Trinajstić information content (AvgIpc) is 2.57. The van der Waals surface area contributed by atoms with Crippen molar-refractivity contribution in [2.24, 2.45) is 5.92 Å². The summed E-state index contributed by atoms with van der Waals surface area (Å²) >= 11 is 0. The molecule has 1 aliphatic rings. The minimum absolute atomic E-state index is 0.0101. The van der Waals surface area contributed by atoms with E-state index in [-0.39, 0.29) is 5.60 Å². The molecule has 0 radical (unpaired) electrons. The Balaban J connectivity index is 2.21. The normalized spacial score (nSPS) is 21.2. The van der Waals surface area contributed by atoms with E-state index in [1.54, 1.807) is 7.11 Å². The van der Waals surface area contributed by atoms with Crippen LogP contribution in [0.4, 0.5) is 0 Å². The zero-order valence-corrected chi connectivity index (χ0v) is 12.2. The predicted octanol–water partition coefficient (Wildman–Crippen LogP) is 3.75. The van der Waals surface area contributed by atoms with Crippen LogP contribution in [0.1, 0.15) is 65.7 Å². The monoisotopic (exact) mass is 241 g/mol. The summed E-state index contributed by atoms with van der Waals surface area (Å²) in [6, 6.07) is 0.667. The van der Waals surface area contributed by atoms with Gasteiger partial charge < -0.3 is 10.1 Å². The van der Waals surface area contributed by atoms with Crippen LogP contribution in [-0.4, -0.2) is 25.3 Å². The second kappa shape index (κ2) is 7.38. The average molecular weight is 241 g/mol. The molecule has 102 valence electrons. The quantitative estimate of drug-likeness (QED) is 0.715. The SMILES string of the molecule is COC(C)(C)CCN[C@H](C)C1CCCCCC1. The van der Waals surface area contributed by atoms with Crippen molar-refractivity contribution in [3.05, 3.63) is 0 Å². The molecule has 1 fully saturated rings. The summed E-state index contributed by atoms with van der Waals surface area (Å²) in [4.78, 5) is 0. The number of methoxy groups -OCH3 is 1. The highest BCUT2D eigenvalue weighted by Crippen LogP contribution is 2.25. The lowest BCUT2D eigenvalue weighted by Crippen LogP contribution is -2.37. The van der Waals surface area contributed by atoms with Crippen molar-refractivity contribution in [1.82, 2.24) is 5.32 Å². The summed E-state index contributed by atoms with van der Waals surface area (Å²) in [5.74, 6) is 0.892. The van der Waals surface area contributed by atoms with Crippen molar-refractivity contribution in [2.75, 3.05) is 13.7 Å².